The summed E-state index contributed by atoms with van der Waals surface area (Å²) >= 11 is 0. The molecule has 2 aliphatic carbocycles. The van der Waals surface area contributed by atoms with Gasteiger partial charge in [-0.1, -0.05) is 57.8 Å². The summed E-state index contributed by atoms with van der Waals surface area (Å²) in [5.41, 5.74) is 0. The van der Waals surface area contributed by atoms with Crippen LogP contribution in [0.1, 0.15) is 77.0 Å². The molecule has 1 nitrogen and oxygen atoms in total. The fourth-order valence-corrected chi connectivity index (χ4v) is 3.44. The van der Waals surface area contributed by atoms with Crippen molar-refractivity contribution in [3.63, 3.8) is 0 Å². The van der Waals surface area contributed by atoms with Crippen molar-refractivity contribution in [3.8, 4) is 0 Å². The van der Waals surface area contributed by atoms with Gasteiger partial charge in [0.05, 0.1) is 0 Å². The van der Waals surface area contributed by atoms with Crippen molar-refractivity contribution in [1.29, 1.82) is 0 Å². The minimum atomic E-state index is 0.435. The average Bonchev–Trinajstić information content (AvgIpc) is 2.59. The number of carbonyl (C=O) groups excluding carboxylic acids is 1. The van der Waals surface area contributed by atoms with Gasteiger partial charge in [0.2, 0.25) is 0 Å². The molecular formula is C15H26O. The van der Waals surface area contributed by atoms with Crippen molar-refractivity contribution in [2.75, 3.05) is 0 Å². The molecule has 0 aromatic carbocycles. The van der Waals surface area contributed by atoms with E-state index in [9.17, 15) is 4.79 Å². The number of ketones is 1. The molecule has 2 fully saturated rings. The largest absolute Gasteiger partial charge is 0.299 e. The molecule has 0 bridgehead atoms. The molecule has 16 heavy (non-hydrogen) atoms. The van der Waals surface area contributed by atoms with E-state index in [-0.39, 0.29) is 0 Å². The lowest BCUT2D eigenvalue weighted by Gasteiger charge is -2.23. The Morgan fingerprint density at radius 3 is 1.88 bits per heavy atom. The standard InChI is InChI=1S/C15H26O/c16-15(12-13-8-4-3-5-9-13)14-10-6-1-2-7-11-14/h13-14H,1-12H2. The lowest BCUT2D eigenvalue weighted by Crippen LogP contribution is -2.19. The van der Waals surface area contributed by atoms with E-state index < -0.39 is 0 Å². The molecule has 0 radical (unpaired) electrons. The molecule has 0 N–H and O–H groups in total. The third-order valence-corrected chi connectivity index (χ3v) is 4.53. The zero-order chi connectivity index (χ0) is 11.2. The van der Waals surface area contributed by atoms with Crippen molar-refractivity contribution in [2.45, 2.75) is 77.0 Å². The summed E-state index contributed by atoms with van der Waals surface area (Å²) in [6, 6.07) is 0. The molecule has 2 saturated carbocycles. The first-order valence-electron chi connectivity index (χ1n) is 7.39. The summed E-state index contributed by atoms with van der Waals surface area (Å²) in [5.74, 6) is 1.78. The minimum Gasteiger partial charge on any atom is -0.299 e. The van der Waals surface area contributed by atoms with Gasteiger partial charge in [0.1, 0.15) is 5.78 Å². The Hall–Kier alpha value is -0.330. The average molecular weight is 222 g/mol. The molecule has 0 spiro atoms. The smallest absolute Gasteiger partial charge is 0.136 e. The van der Waals surface area contributed by atoms with Crippen molar-refractivity contribution < 1.29 is 4.79 Å². The molecule has 0 aromatic rings. The highest BCUT2D eigenvalue weighted by Gasteiger charge is 2.23. The predicted octanol–water partition coefficient (Wildman–Crippen LogP) is 4.50. The summed E-state index contributed by atoms with van der Waals surface area (Å²) in [4.78, 5) is 12.2. The van der Waals surface area contributed by atoms with Gasteiger partial charge in [0, 0.05) is 12.3 Å². The second kappa shape index (κ2) is 6.42. The summed E-state index contributed by atoms with van der Waals surface area (Å²) in [7, 11) is 0. The predicted molar refractivity (Wildman–Crippen MR) is 67.4 cm³/mol. The molecule has 0 aromatic heterocycles. The Kier molecular flexibility index (Phi) is 4.87. The molecule has 0 aliphatic heterocycles. The van der Waals surface area contributed by atoms with Crippen molar-refractivity contribution in [3.05, 3.63) is 0 Å². The second-order valence-electron chi connectivity index (χ2n) is 5.86. The van der Waals surface area contributed by atoms with Crippen LogP contribution in [-0.4, -0.2) is 5.78 Å². The second-order valence-corrected chi connectivity index (χ2v) is 5.86. The number of Topliss-reactive ketones (excluding diaryl/α,β-unsaturated/α-hetero) is 1. The Bertz CT molecular complexity index is 207. The normalized spacial score (nSPS) is 25.2. The highest BCUT2D eigenvalue weighted by molar-refractivity contribution is 5.81. The summed E-state index contributed by atoms with van der Waals surface area (Å²) < 4.78 is 0. The molecular weight excluding hydrogens is 196 g/mol. The Morgan fingerprint density at radius 2 is 1.25 bits per heavy atom. The molecule has 0 saturated heterocycles. The van der Waals surface area contributed by atoms with E-state index >= 15 is 0 Å². The summed E-state index contributed by atoms with van der Waals surface area (Å²) in [6.07, 6.45) is 15.3. The van der Waals surface area contributed by atoms with Crippen LogP contribution in [0.5, 0.6) is 0 Å². The fourth-order valence-electron chi connectivity index (χ4n) is 3.44. The number of hydrogen-bond donors (Lipinski definition) is 0. The maximum absolute atomic E-state index is 12.2. The molecule has 92 valence electrons. The monoisotopic (exact) mass is 222 g/mol. The zero-order valence-corrected chi connectivity index (χ0v) is 10.5. The molecule has 0 atom stereocenters. The van der Waals surface area contributed by atoms with E-state index in [1.807, 2.05) is 0 Å². The molecule has 2 aliphatic rings. The lowest BCUT2D eigenvalue weighted by atomic mass is 9.82. The number of hydrogen-bond acceptors (Lipinski definition) is 1. The number of carbonyl (C=O) groups is 1. The van der Waals surface area contributed by atoms with E-state index in [0.29, 0.717) is 11.7 Å². The van der Waals surface area contributed by atoms with Crippen LogP contribution in [0.25, 0.3) is 0 Å². The Labute approximate surface area is 100.0 Å². The molecule has 2 rings (SSSR count). The van der Waals surface area contributed by atoms with Gasteiger partial charge in [0.25, 0.3) is 0 Å². The molecule has 0 unspecified atom stereocenters. The van der Waals surface area contributed by atoms with Crippen LogP contribution in [0.3, 0.4) is 0 Å². The van der Waals surface area contributed by atoms with Gasteiger partial charge in [-0.15, -0.1) is 0 Å². The van der Waals surface area contributed by atoms with E-state index in [1.54, 1.807) is 0 Å². The van der Waals surface area contributed by atoms with Crippen LogP contribution in [0, 0.1) is 11.8 Å². The van der Waals surface area contributed by atoms with Crippen molar-refractivity contribution in [1.82, 2.24) is 0 Å². The van der Waals surface area contributed by atoms with Crippen LogP contribution >= 0.6 is 0 Å². The van der Waals surface area contributed by atoms with Gasteiger partial charge in [-0.2, -0.15) is 0 Å². The van der Waals surface area contributed by atoms with Gasteiger partial charge in [0.15, 0.2) is 0 Å². The van der Waals surface area contributed by atoms with Gasteiger partial charge >= 0.3 is 0 Å². The zero-order valence-electron chi connectivity index (χ0n) is 10.5. The first kappa shape index (κ1) is 12.1. The van der Waals surface area contributed by atoms with Gasteiger partial charge in [-0.3, -0.25) is 4.79 Å². The maximum atomic E-state index is 12.2. The van der Waals surface area contributed by atoms with E-state index in [0.717, 1.165) is 12.3 Å². The van der Waals surface area contributed by atoms with Crippen LogP contribution < -0.4 is 0 Å². The first-order chi connectivity index (χ1) is 7.86. The first-order valence-corrected chi connectivity index (χ1v) is 7.39. The molecule has 1 heteroatoms. The lowest BCUT2D eigenvalue weighted by molar-refractivity contribution is -0.124. The van der Waals surface area contributed by atoms with Crippen LogP contribution in [0.2, 0.25) is 0 Å². The van der Waals surface area contributed by atoms with Crippen molar-refractivity contribution >= 4 is 5.78 Å². The van der Waals surface area contributed by atoms with E-state index in [2.05, 4.69) is 0 Å². The van der Waals surface area contributed by atoms with Gasteiger partial charge in [-0.05, 0) is 18.8 Å². The highest BCUT2D eigenvalue weighted by Crippen LogP contribution is 2.30. The third kappa shape index (κ3) is 3.61. The van der Waals surface area contributed by atoms with Crippen LogP contribution in [0.15, 0.2) is 0 Å². The van der Waals surface area contributed by atoms with Crippen LogP contribution in [0.4, 0.5) is 0 Å². The summed E-state index contributed by atoms with van der Waals surface area (Å²) in [5, 5.41) is 0. The van der Waals surface area contributed by atoms with Gasteiger partial charge in [-0.25, -0.2) is 0 Å². The van der Waals surface area contributed by atoms with Gasteiger partial charge < -0.3 is 0 Å². The summed E-state index contributed by atoms with van der Waals surface area (Å²) in [6.45, 7) is 0. The van der Waals surface area contributed by atoms with E-state index in [1.165, 1.54) is 70.6 Å². The Morgan fingerprint density at radius 1 is 0.750 bits per heavy atom. The minimum absolute atomic E-state index is 0.435. The third-order valence-electron chi connectivity index (χ3n) is 4.53. The Balaban J connectivity index is 1.76. The number of rotatable bonds is 3. The fraction of sp³-hybridized carbons (Fsp3) is 0.933. The topological polar surface area (TPSA) is 17.1 Å². The maximum Gasteiger partial charge on any atom is 0.136 e. The quantitative estimate of drug-likeness (QED) is 0.643. The van der Waals surface area contributed by atoms with E-state index in [4.69, 9.17) is 0 Å². The van der Waals surface area contributed by atoms with Crippen LogP contribution in [-0.2, 0) is 4.79 Å². The van der Waals surface area contributed by atoms with Crippen molar-refractivity contribution in [2.24, 2.45) is 11.8 Å². The highest BCUT2D eigenvalue weighted by atomic mass is 16.1. The SMILES string of the molecule is O=C(CC1CCCCC1)C1CCCCCC1. The molecule has 0 heterocycles. The molecule has 0 amide bonds.